The molecule has 140 valence electrons. The zero-order chi connectivity index (χ0) is 20.1. The standard InChI is InChI=1S/C20H15N.C8H8/c21-19-13-12-15-7-2-4-10-17(15)20(19)18-11-5-8-14-6-1-3-9-16(14)18;1-2-8-6-4-3-5-7-8/h1-13H,21H2;2-7H,1H2. The molecule has 2 N–H and O–H groups in total. The molecule has 0 saturated heterocycles. The van der Waals surface area contributed by atoms with E-state index in [2.05, 4.69) is 79.4 Å². The van der Waals surface area contributed by atoms with Crippen LogP contribution in [0.2, 0.25) is 0 Å². The van der Waals surface area contributed by atoms with Crippen LogP contribution in [0.15, 0.2) is 116 Å². The van der Waals surface area contributed by atoms with Gasteiger partial charge in [0.15, 0.2) is 0 Å². The van der Waals surface area contributed by atoms with Gasteiger partial charge in [-0.15, -0.1) is 0 Å². The molecule has 0 aliphatic carbocycles. The maximum Gasteiger partial charge on any atom is 0.0400 e. The van der Waals surface area contributed by atoms with Crippen molar-refractivity contribution < 1.29 is 0 Å². The summed E-state index contributed by atoms with van der Waals surface area (Å²) in [6, 6.07) is 37.3. The van der Waals surface area contributed by atoms with Crippen LogP contribution < -0.4 is 5.73 Å². The molecule has 0 unspecified atom stereocenters. The van der Waals surface area contributed by atoms with Gasteiger partial charge in [-0.3, -0.25) is 0 Å². The summed E-state index contributed by atoms with van der Waals surface area (Å²) < 4.78 is 0. The maximum atomic E-state index is 6.31. The molecule has 0 spiro atoms. The number of rotatable bonds is 2. The number of fused-ring (bicyclic) bond motifs is 2. The fourth-order valence-electron chi connectivity index (χ4n) is 3.62. The highest BCUT2D eigenvalue weighted by molar-refractivity contribution is 6.09. The van der Waals surface area contributed by atoms with Gasteiger partial charge in [0.1, 0.15) is 0 Å². The van der Waals surface area contributed by atoms with Crippen molar-refractivity contribution in [3.8, 4) is 11.1 Å². The van der Waals surface area contributed by atoms with Crippen molar-refractivity contribution in [1.82, 2.24) is 0 Å². The van der Waals surface area contributed by atoms with Gasteiger partial charge >= 0.3 is 0 Å². The van der Waals surface area contributed by atoms with Crippen LogP contribution in [-0.4, -0.2) is 0 Å². The lowest BCUT2D eigenvalue weighted by Crippen LogP contribution is -1.92. The van der Waals surface area contributed by atoms with E-state index < -0.39 is 0 Å². The molecule has 1 nitrogen and oxygen atoms in total. The average Bonchev–Trinajstić information content (AvgIpc) is 2.80. The Kier molecular flexibility index (Phi) is 5.40. The van der Waals surface area contributed by atoms with Gasteiger partial charge in [-0.2, -0.15) is 0 Å². The van der Waals surface area contributed by atoms with E-state index in [1.807, 2.05) is 42.5 Å². The van der Waals surface area contributed by atoms with E-state index in [0.717, 1.165) is 11.3 Å². The van der Waals surface area contributed by atoms with E-state index >= 15 is 0 Å². The maximum absolute atomic E-state index is 6.31. The first kappa shape index (κ1) is 18.5. The first-order valence-corrected chi connectivity index (χ1v) is 9.71. The van der Waals surface area contributed by atoms with Gasteiger partial charge in [0.2, 0.25) is 0 Å². The van der Waals surface area contributed by atoms with Gasteiger partial charge in [0.05, 0.1) is 0 Å². The molecule has 0 heterocycles. The molecule has 29 heavy (non-hydrogen) atoms. The van der Waals surface area contributed by atoms with Gasteiger partial charge in [0.25, 0.3) is 0 Å². The highest BCUT2D eigenvalue weighted by Gasteiger charge is 2.10. The number of nitrogen functional groups attached to an aromatic ring is 1. The fraction of sp³-hybridized carbons (Fsp3) is 0. The first-order valence-electron chi connectivity index (χ1n) is 9.71. The number of hydrogen-bond acceptors (Lipinski definition) is 1. The second-order valence-corrected chi connectivity index (χ2v) is 6.89. The number of hydrogen-bond donors (Lipinski definition) is 1. The molecule has 0 atom stereocenters. The highest BCUT2D eigenvalue weighted by Crippen LogP contribution is 2.37. The molecule has 0 fully saturated rings. The summed E-state index contributed by atoms with van der Waals surface area (Å²) in [7, 11) is 0. The van der Waals surface area contributed by atoms with Crippen LogP contribution in [0.1, 0.15) is 5.56 Å². The van der Waals surface area contributed by atoms with Crippen molar-refractivity contribution in [3.63, 3.8) is 0 Å². The van der Waals surface area contributed by atoms with Crippen molar-refractivity contribution in [1.29, 1.82) is 0 Å². The minimum Gasteiger partial charge on any atom is -0.398 e. The molecule has 0 aromatic heterocycles. The normalized spacial score (nSPS) is 10.3. The highest BCUT2D eigenvalue weighted by atomic mass is 14.6. The zero-order valence-corrected chi connectivity index (χ0v) is 16.3. The third-order valence-electron chi connectivity index (χ3n) is 5.06. The first-order chi connectivity index (χ1) is 14.3. The smallest absolute Gasteiger partial charge is 0.0400 e. The van der Waals surface area contributed by atoms with E-state index in [1.165, 1.54) is 32.7 Å². The third kappa shape index (κ3) is 3.90. The Labute approximate surface area is 171 Å². The summed E-state index contributed by atoms with van der Waals surface area (Å²) >= 11 is 0. The van der Waals surface area contributed by atoms with Crippen LogP contribution >= 0.6 is 0 Å². The molecule has 0 aliphatic rings. The Bertz CT molecular complexity index is 1260. The van der Waals surface area contributed by atoms with Crippen LogP contribution in [0.4, 0.5) is 5.69 Å². The molecular formula is C28H23N. The van der Waals surface area contributed by atoms with E-state index in [-0.39, 0.29) is 0 Å². The number of nitrogens with two attached hydrogens (primary N) is 1. The van der Waals surface area contributed by atoms with Gasteiger partial charge in [-0.25, -0.2) is 0 Å². The molecule has 1 heteroatoms. The predicted octanol–water partition coefficient (Wildman–Crippen LogP) is 7.57. The minimum absolute atomic E-state index is 0.824. The molecule has 0 radical (unpaired) electrons. The Balaban J connectivity index is 0.000000216. The molecular weight excluding hydrogens is 350 g/mol. The monoisotopic (exact) mass is 373 g/mol. The lowest BCUT2D eigenvalue weighted by atomic mass is 9.93. The Morgan fingerprint density at radius 1 is 0.552 bits per heavy atom. The molecule has 0 bridgehead atoms. The number of benzene rings is 5. The quantitative estimate of drug-likeness (QED) is 0.317. The van der Waals surface area contributed by atoms with E-state index in [1.54, 1.807) is 0 Å². The van der Waals surface area contributed by atoms with E-state index in [4.69, 9.17) is 5.73 Å². The van der Waals surface area contributed by atoms with Crippen LogP contribution in [0.25, 0.3) is 38.7 Å². The zero-order valence-electron chi connectivity index (χ0n) is 16.3. The molecule has 0 amide bonds. The molecule has 5 aromatic carbocycles. The summed E-state index contributed by atoms with van der Waals surface area (Å²) in [4.78, 5) is 0. The van der Waals surface area contributed by atoms with Gasteiger partial charge in [-0.05, 0) is 38.7 Å². The lowest BCUT2D eigenvalue weighted by Gasteiger charge is -2.13. The summed E-state index contributed by atoms with van der Waals surface area (Å²) in [6.45, 7) is 3.63. The largest absolute Gasteiger partial charge is 0.398 e. The predicted molar refractivity (Wildman–Crippen MR) is 128 cm³/mol. The lowest BCUT2D eigenvalue weighted by molar-refractivity contribution is 1.67. The molecule has 5 aromatic rings. The summed E-state index contributed by atoms with van der Waals surface area (Å²) in [5.74, 6) is 0. The summed E-state index contributed by atoms with van der Waals surface area (Å²) in [5, 5.41) is 4.90. The molecule has 5 rings (SSSR count). The Hall–Kier alpha value is -3.84. The van der Waals surface area contributed by atoms with E-state index in [9.17, 15) is 0 Å². The van der Waals surface area contributed by atoms with Crippen molar-refractivity contribution in [2.24, 2.45) is 0 Å². The molecule has 0 aliphatic heterocycles. The third-order valence-corrected chi connectivity index (χ3v) is 5.06. The topological polar surface area (TPSA) is 26.0 Å². The minimum atomic E-state index is 0.824. The Morgan fingerprint density at radius 3 is 1.83 bits per heavy atom. The van der Waals surface area contributed by atoms with Crippen LogP contribution in [0.5, 0.6) is 0 Å². The van der Waals surface area contributed by atoms with Crippen molar-refractivity contribution in [2.75, 3.05) is 5.73 Å². The van der Waals surface area contributed by atoms with Gasteiger partial charge in [0, 0.05) is 11.3 Å². The molecule has 0 saturated carbocycles. The SMILES string of the molecule is C=Cc1ccccc1.Nc1ccc2ccccc2c1-c1cccc2ccccc12. The summed E-state index contributed by atoms with van der Waals surface area (Å²) in [5.41, 5.74) is 10.6. The average molecular weight is 373 g/mol. The van der Waals surface area contributed by atoms with Crippen molar-refractivity contribution in [2.45, 2.75) is 0 Å². The Morgan fingerprint density at radius 2 is 1.14 bits per heavy atom. The second-order valence-electron chi connectivity index (χ2n) is 6.89. The van der Waals surface area contributed by atoms with E-state index in [0.29, 0.717) is 0 Å². The summed E-state index contributed by atoms with van der Waals surface area (Å²) in [6.07, 6.45) is 1.83. The van der Waals surface area contributed by atoms with Crippen molar-refractivity contribution >= 4 is 33.3 Å². The van der Waals surface area contributed by atoms with Crippen LogP contribution in [0.3, 0.4) is 0 Å². The van der Waals surface area contributed by atoms with Crippen LogP contribution in [0, 0.1) is 0 Å². The number of anilines is 1. The second kappa shape index (κ2) is 8.45. The van der Waals surface area contributed by atoms with Crippen LogP contribution in [-0.2, 0) is 0 Å². The fourth-order valence-corrected chi connectivity index (χ4v) is 3.62. The van der Waals surface area contributed by atoms with Gasteiger partial charge < -0.3 is 5.73 Å². The van der Waals surface area contributed by atoms with Gasteiger partial charge in [-0.1, -0.05) is 116 Å². The van der Waals surface area contributed by atoms with Crippen molar-refractivity contribution in [3.05, 3.63) is 121 Å².